The number of rotatable bonds is 3. The fourth-order valence-corrected chi connectivity index (χ4v) is 1.76. The molecule has 5 heteroatoms. The van der Waals surface area contributed by atoms with Gasteiger partial charge < -0.3 is 15.7 Å². The molecule has 2 aromatic rings. The summed E-state index contributed by atoms with van der Waals surface area (Å²) in [5.41, 5.74) is 0.585. The molecule has 0 aliphatic rings. The Kier molecular flexibility index (Phi) is 4.10. The molecule has 3 N–H and O–H groups in total. The molecule has 0 bridgehead atoms. The minimum atomic E-state index is -0.762. The first-order valence-electron chi connectivity index (χ1n) is 5.90. The lowest BCUT2D eigenvalue weighted by Gasteiger charge is -2.08. The standard InChI is InChI=1S/C14H14N2O3/c17-9-8-15-13(18)14(19)16-12-7-3-5-10-4-1-2-6-11(10)12/h1-7,17H,8-9H2,(H,15,18)(H,16,19). The summed E-state index contributed by atoms with van der Waals surface area (Å²) >= 11 is 0. The third-order valence-corrected chi connectivity index (χ3v) is 2.64. The SMILES string of the molecule is O=C(NCCO)C(=O)Nc1cccc2ccccc12. The second-order valence-electron chi connectivity index (χ2n) is 3.96. The van der Waals surface area contributed by atoms with Crippen LogP contribution in [0.1, 0.15) is 0 Å². The zero-order chi connectivity index (χ0) is 13.7. The molecule has 0 unspecified atom stereocenters. The van der Waals surface area contributed by atoms with Gasteiger partial charge in [0.05, 0.1) is 6.61 Å². The minimum absolute atomic E-state index is 0.0573. The lowest BCUT2D eigenvalue weighted by Crippen LogP contribution is -2.36. The first-order valence-corrected chi connectivity index (χ1v) is 5.90. The van der Waals surface area contributed by atoms with Gasteiger partial charge in [0.2, 0.25) is 0 Å². The summed E-state index contributed by atoms with van der Waals surface area (Å²) in [7, 11) is 0. The monoisotopic (exact) mass is 258 g/mol. The van der Waals surface area contributed by atoms with Crippen molar-refractivity contribution < 1.29 is 14.7 Å². The van der Waals surface area contributed by atoms with Gasteiger partial charge in [0.15, 0.2) is 0 Å². The van der Waals surface area contributed by atoms with E-state index in [1.807, 2.05) is 36.4 Å². The quantitative estimate of drug-likeness (QED) is 0.715. The van der Waals surface area contributed by atoms with Crippen LogP contribution in [0, 0.1) is 0 Å². The van der Waals surface area contributed by atoms with Gasteiger partial charge in [-0.3, -0.25) is 9.59 Å². The van der Waals surface area contributed by atoms with Crippen molar-refractivity contribution in [3.63, 3.8) is 0 Å². The number of anilines is 1. The van der Waals surface area contributed by atoms with Crippen molar-refractivity contribution in [3.05, 3.63) is 42.5 Å². The predicted molar refractivity (Wildman–Crippen MR) is 72.7 cm³/mol. The van der Waals surface area contributed by atoms with Crippen LogP contribution in [0.3, 0.4) is 0 Å². The summed E-state index contributed by atoms with van der Waals surface area (Å²) in [5, 5.41) is 15.3. The highest BCUT2D eigenvalue weighted by atomic mass is 16.3. The van der Waals surface area contributed by atoms with E-state index in [1.54, 1.807) is 6.07 Å². The Labute approximate surface area is 110 Å². The third-order valence-electron chi connectivity index (χ3n) is 2.64. The average Bonchev–Trinajstić information content (AvgIpc) is 2.45. The van der Waals surface area contributed by atoms with Gasteiger partial charge in [-0.1, -0.05) is 36.4 Å². The van der Waals surface area contributed by atoms with E-state index in [9.17, 15) is 9.59 Å². The maximum absolute atomic E-state index is 11.7. The van der Waals surface area contributed by atoms with Crippen LogP contribution in [0.2, 0.25) is 0 Å². The van der Waals surface area contributed by atoms with Crippen LogP contribution in [0.5, 0.6) is 0 Å². The summed E-state index contributed by atoms with van der Waals surface area (Å²) in [6, 6.07) is 13.0. The number of amides is 2. The fourth-order valence-electron chi connectivity index (χ4n) is 1.76. The highest BCUT2D eigenvalue weighted by Crippen LogP contribution is 2.22. The number of fused-ring (bicyclic) bond motifs is 1. The van der Waals surface area contributed by atoms with E-state index in [-0.39, 0.29) is 13.2 Å². The van der Waals surface area contributed by atoms with Crippen LogP contribution < -0.4 is 10.6 Å². The predicted octanol–water partition coefficient (Wildman–Crippen LogP) is 0.887. The van der Waals surface area contributed by atoms with E-state index >= 15 is 0 Å². The maximum Gasteiger partial charge on any atom is 0.313 e. The smallest absolute Gasteiger partial charge is 0.313 e. The summed E-state index contributed by atoms with van der Waals surface area (Å²) in [5.74, 6) is -1.51. The van der Waals surface area contributed by atoms with Gasteiger partial charge in [-0.2, -0.15) is 0 Å². The molecule has 0 spiro atoms. The van der Waals surface area contributed by atoms with E-state index in [1.165, 1.54) is 0 Å². The van der Waals surface area contributed by atoms with Crippen molar-refractivity contribution in [2.45, 2.75) is 0 Å². The van der Waals surface area contributed by atoms with Crippen LogP contribution in [0.15, 0.2) is 42.5 Å². The van der Waals surface area contributed by atoms with Gasteiger partial charge >= 0.3 is 11.8 Å². The summed E-state index contributed by atoms with van der Waals surface area (Å²) < 4.78 is 0. The van der Waals surface area contributed by atoms with E-state index < -0.39 is 11.8 Å². The zero-order valence-electron chi connectivity index (χ0n) is 10.2. The molecule has 5 nitrogen and oxygen atoms in total. The molecule has 2 aromatic carbocycles. The van der Waals surface area contributed by atoms with Gasteiger partial charge in [-0.15, -0.1) is 0 Å². The van der Waals surface area contributed by atoms with E-state index in [2.05, 4.69) is 10.6 Å². The van der Waals surface area contributed by atoms with Crippen LogP contribution in [0.4, 0.5) is 5.69 Å². The van der Waals surface area contributed by atoms with Crippen molar-refractivity contribution in [2.24, 2.45) is 0 Å². The van der Waals surface area contributed by atoms with Crippen molar-refractivity contribution >= 4 is 28.3 Å². The normalized spacial score (nSPS) is 10.2. The van der Waals surface area contributed by atoms with Crippen LogP contribution in [0.25, 0.3) is 10.8 Å². The molecule has 0 aliphatic heterocycles. The Bertz CT molecular complexity index is 605. The molecule has 0 saturated carbocycles. The zero-order valence-corrected chi connectivity index (χ0v) is 10.2. The molecule has 19 heavy (non-hydrogen) atoms. The van der Waals surface area contributed by atoms with E-state index in [4.69, 9.17) is 5.11 Å². The maximum atomic E-state index is 11.7. The van der Waals surface area contributed by atoms with Gasteiger partial charge in [0.25, 0.3) is 0 Å². The Morgan fingerprint density at radius 2 is 1.74 bits per heavy atom. The molecule has 0 aliphatic carbocycles. The molecule has 0 heterocycles. The number of hydrogen-bond acceptors (Lipinski definition) is 3. The number of nitrogens with one attached hydrogen (secondary N) is 2. The molecule has 2 rings (SSSR count). The molecular weight excluding hydrogens is 244 g/mol. The molecular formula is C14H14N2O3. The highest BCUT2D eigenvalue weighted by Gasteiger charge is 2.13. The first kappa shape index (κ1) is 13.0. The van der Waals surface area contributed by atoms with Crippen LogP contribution >= 0.6 is 0 Å². The fraction of sp³-hybridized carbons (Fsp3) is 0.143. The van der Waals surface area contributed by atoms with Crippen molar-refractivity contribution in [1.82, 2.24) is 5.32 Å². The van der Waals surface area contributed by atoms with Gasteiger partial charge in [0, 0.05) is 17.6 Å². The number of hydrogen-bond donors (Lipinski definition) is 3. The topological polar surface area (TPSA) is 78.4 Å². The van der Waals surface area contributed by atoms with E-state index in [0.29, 0.717) is 5.69 Å². The molecule has 0 atom stereocenters. The second kappa shape index (κ2) is 5.97. The number of aliphatic hydroxyl groups is 1. The second-order valence-corrected chi connectivity index (χ2v) is 3.96. The molecule has 0 aromatic heterocycles. The third kappa shape index (κ3) is 3.08. The Morgan fingerprint density at radius 1 is 1.00 bits per heavy atom. The van der Waals surface area contributed by atoms with Crippen molar-refractivity contribution in [1.29, 1.82) is 0 Å². The average molecular weight is 258 g/mol. The lowest BCUT2D eigenvalue weighted by atomic mass is 10.1. The van der Waals surface area contributed by atoms with Crippen LogP contribution in [-0.4, -0.2) is 30.1 Å². The summed E-state index contributed by atoms with van der Waals surface area (Å²) in [6.07, 6.45) is 0. The number of aliphatic hydroxyl groups excluding tert-OH is 1. The molecule has 2 amide bonds. The molecule has 98 valence electrons. The highest BCUT2D eigenvalue weighted by molar-refractivity contribution is 6.40. The Morgan fingerprint density at radius 3 is 2.53 bits per heavy atom. The summed E-state index contributed by atoms with van der Waals surface area (Å²) in [4.78, 5) is 23.1. The van der Waals surface area contributed by atoms with Crippen molar-refractivity contribution in [2.75, 3.05) is 18.5 Å². The molecule has 0 fully saturated rings. The minimum Gasteiger partial charge on any atom is -0.395 e. The van der Waals surface area contributed by atoms with Gasteiger partial charge in [0.1, 0.15) is 0 Å². The lowest BCUT2D eigenvalue weighted by molar-refractivity contribution is -0.136. The number of benzene rings is 2. The molecule has 0 radical (unpaired) electrons. The summed E-state index contributed by atoms with van der Waals surface area (Å²) in [6.45, 7) is -0.144. The Hall–Kier alpha value is -2.40. The van der Waals surface area contributed by atoms with Gasteiger partial charge in [-0.25, -0.2) is 0 Å². The largest absolute Gasteiger partial charge is 0.395 e. The van der Waals surface area contributed by atoms with E-state index in [0.717, 1.165) is 10.8 Å². The van der Waals surface area contributed by atoms with Crippen molar-refractivity contribution in [3.8, 4) is 0 Å². The number of carbonyl (C=O) groups excluding carboxylic acids is 2. The Balaban J connectivity index is 2.17. The van der Waals surface area contributed by atoms with Gasteiger partial charge in [-0.05, 0) is 11.5 Å². The first-order chi connectivity index (χ1) is 9.22. The molecule has 0 saturated heterocycles. The van der Waals surface area contributed by atoms with Crippen LogP contribution in [-0.2, 0) is 9.59 Å². The number of carbonyl (C=O) groups is 2.